The van der Waals surface area contributed by atoms with Crippen LogP contribution in [0, 0.1) is 11.3 Å². The van der Waals surface area contributed by atoms with E-state index in [1.807, 2.05) is 27.7 Å². The molecule has 1 atom stereocenters. The van der Waals surface area contributed by atoms with Gasteiger partial charge < -0.3 is 19.4 Å². The predicted octanol–water partition coefficient (Wildman–Crippen LogP) is 1.84. The molecule has 24 heavy (non-hydrogen) atoms. The van der Waals surface area contributed by atoms with Crippen molar-refractivity contribution in [2.75, 3.05) is 18.5 Å². The summed E-state index contributed by atoms with van der Waals surface area (Å²) in [6, 6.07) is 4.20. The fourth-order valence-electron chi connectivity index (χ4n) is 2.84. The first-order valence-corrected chi connectivity index (χ1v) is 8.42. The van der Waals surface area contributed by atoms with Crippen molar-refractivity contribution >= 4 is 18.4 Å². The molecule has 3 heterocycles. The summed E-state index contributed by atoms with van der Waals surface area (Å²) in [5.41, 5.74) is 0.421. The lowest BCUT2D eigenvalue weighted by molar-refractivity contribution is 0.00578. The summed E-state index contributed by atoms with van der Waals surface area (Å²) in [5.74, 6) is 0.591. The van der Waals surface area contributed by atoms with Gasteiger partial charge >= 0.3 is 7.12 Å². The van der Waals surface area contributed by atoms with E-state index < -0.39 is 18.3 Å². The van der Waals surface area contributed by atoms with Crippen LogP contribution >= 0.6 is 0 Å². The topological polar surface area (TPSA) is 76.4 Å². The first-order valence-electron chi connectivity index (χ1n) is 8.42. The van der Waals surface area contributed by atoms with Crippen LogP contribution in [-0.4, -0.2) is 42.6 Å². The number of ether oxygens (including phenoxy) is 1. The molecule has 0 aromatic carbocycles. The van der Waals surface area contributed by atoms with Gasteiger partial charge in [0.1, 0.15) is 11.9 Å². The van der Waals surface area contributed by atoms with E-state index in [1.54, 1.807) is 12.3 Å². The number of rotatable bonds is 3. The third kappa shape index (κ3) is 3.27. The minimum absolute atomic E-state index is 0.195. The number of hydrogen-bond donors (Lipinski definition) is 1. The highest BCUT2D eigenvalue weighted by molar-refractivity contribution is 6.62. The van der Waals surface area contributed by atoms with Crippen molar-refractivity contribution in [3.63, 3.8) is 0 Å². The second kappa shape index (κ2) is 6.36. The Morgan fingerprint density at radius 3 is 2.58 bits per heavy atom. The van der Waals surface area contributed by atoms with Gasteiger partial charge in [0, 0.05) is 18.3 Å². The smallest absolute Gasteiger partial charge is 0.399 e. The van der Waals surface area contributed by atoms with Gasteiger partial charge in [0.25, 0.3) is 0 Å². The monoisotopic (exact) mass is 329 g/mol. The largest absolute Gasteiger partial charge is 0.496 e. The van der Waals surface area contributed by atoms with Crippen LogP contribution in [0.1, 0.15) is 46.1 Å². The Hall–Kier alpha value is -1.62. The van der Waals surface area contributed by atoms with Crippen LogP contribution in [0.3, 0.4) is 0 Å². The molecule has 128 valence electrons. The van der Waals surface area contributed by atoms with Gasteiger partial charge in [-0.15, -0.1) is 0 Å². The van der Waals surface area contributed by atoms with Crippen molar-refractivity contribution in [3.05, 3.63) is 17.8 Å². The van der Waals surface area contributed by atoms with E-state index in [0.29, 0.717) is 18.0 Å². The van der Waals surface area contributed by atoms with Crippen molar-refractivity contribution in [2.24, 2.45) is 0 Å². The minimum atomic E-state index is -0.512. The highest BCUT2D eigenvalue weighted by atomic mass is 16.7. The maximum atomic E-state index is 9.48. The van der Waals surface area contributed by atoms with Gasteiger partial charge in [-0.1, -0.05) is 0 Å². The van der Waals surface area contributed by atoms with Crippen LogP contribution in [0.2, 0.25) is 0 Å². The van der Waals surface area contributed by atoms with Crippen molar-refractivity contribution in [1.82, 2.24) is 4.98 Å². The molecule has 0 aliphatic carbocycles. The molecule has 0 radical (unpaired) electrons. The quantitative estimate of drug-likeness (QED) is 0.853. The van der Waals surface area contributed by atoms with Crippen molar-refractivity contribution in [3.8, 4) is 6.07 Å². The lowest BCUT2D eigenvalue weighted by Crippen LogP contribution is -2.41. The third-order valence-corrected chi connectivity index (χ3v) is 5.06. The van der Waals surface area contributed by atoms with E-state index in [-0.39, 0.29) is 6.04 Å². The molecular formula is C17H24BN3O3. The van der Waals surface area contributed by atoms with Gasteiger partial charge in [-0.05, 0) is 46.6 Å². The second-order valence-electron chi connectivity index (χ2n) is 7.42. The minimum Gasteiger partial charge on any atom is -0.399 e. The SMILES string of the molecule is CC1(C)OB(c2cnc(N[C@@H]3CCCOC3)c(C#N)c2)OC1(C)C. The van der Waals surface area contributed by atoms with Gasteiger partial charge in [-0.3, -0.25) is 0 Å². The van der Waals surface area contributed by atoms with Crippen molar-refractivity contribution in [1.29, 1.82) is 5.26 Å². The molecule has 2 aliphatic heterocycles. The molecule has 1 aromatic heterocycles. The van der Waals surface area contributed by atoms with Crippen LogP contribution in [0.15, 0.2) is 12.3 Å². The van der Waals surface area contributed by atoms with Crippen LogP contribution < -0.4 is 10.8 Å². The number of nitrogens with one attached hydrogen (secondary N) is 1. The van der Waals surface area contributed by atoms with Crippen LogP contribution in [0.5, 0.6) is 0 Å². The molecule has 2 saturated heterocycles. The summed E-state index contributed by atoms with van der Waals surface area (Å²) in [5, 5.41) is 12.8. The highest BCUT2D eigenvalue weighted by Crippen LogP contribution is 2.36. The molecule has 0 bridgehead atoms. The molecule has 2 fully saturated rings. The van der Waals surface area contributed by atoms with E-state index in [0.717, 1.165) is 24.9 Å². The molecule has 0 unspecified atom stereocenters. The molecule has 0 saturated carbocycles. The molecule has 1 aromatic rings. The molecule has 7 heteroatoms. The number of aromatic nitrogens is 1. The standard InChI is InChI=1S/C17H24BN3O3/c1-16(2)17(3,4)24-18(23-16)13-8-12(9-19)15(20-10-13)21-14-6-5-7-22-11-14/h8,10,14H,5-7,11H2,1-4H3,(H,20,21)/t14-/m1/s1. The zero-order valence-corrected chi connectivity index (χ0v) is 14.8. The van der Waals surface area contributed by atoms with Crippen molar-refractivity contribution < 1.29 is 14.0 Å². The zero-order chi connectivity index (χ0) is 17.4. The molecule has 2 aliphatic rings. The van der Waals surface area contributed by atoms with Crippen molar-refractivity contribution in [2.45, 2.75) is 57.8 Å². The average Bonchev–Trinajstić information content (AvgIpc) is 2.77. The van der Waals surface area contributed by atoms with E-state index in [9.17, 15) is 5.26 Å². The Morgan fingerprint density at radius 2 is 2.00 bits per heavy atom. The molecule has 0 amide bonds. The van der Waals surface area contributed by atoms with E-state index in [1.165, 1.54) is 0 Å². The Bertz CT molecular complexity index is 635. The van der Waals surface area contributed by atoms with Crippen LogP contribution in [0.25, 0.3) is 0 Å². The van der Waals surface area contributed by atoms with Gasteiger partial charge in [-0.2, -0.15) is 5.26 Å². The second-order valence-corrected chi connectivity index (χ2v) is 7.42. The van der Waals surface area contributed by atoms with Gasteiger partial charge in [0.15, 0.2) is 0 Å². The van der Waals surface area contributed by atoms with Gasteiger partial charge in [0.2, 0.25) is 0 Å². The first-order chi connectivity index (χ1) is 11.3. The molecular weight excluding hydrogens is 305 g/mol. The average molecular weight is 329 g/mol. The number of nitrogens with zero attached hydrogens (tertiary/aromatic N) is 2. The Balaban J connectivity index is 1.78. The number of pyridine rings is 1. The summed E-state index contributed by atoms with van der Waals surface area (Å²) < 4.78 is 17.5. The number of nitriles is 1. The Morgan fingerprint density at radius 1 is 1.29 bits per heavy atom. The van der Waals surface area contributed by atoms with Crippen LogP contribution in [-0.2, 0) is 14.0 Å². The summed E-state index contributed by atoms with van der Waals surface area (Å²) in [6.45, 7) is 9.47. The number of hydrogen-bond acceptors (Lipinski definition) is 6. The Labute approximate surface area is 143 Å². The van der Waals surface area contributed by atoms with Gasteiger partial charge in [0.05, 0.1) is 29.4 Å². The summed E-state index contributed by atoms with van der Waals surface area (Å²) >= 11 is 0. The van der Waals surface area contributed by atoms with E-state index in [4.69, 9.17) is 14.0 Å². The maximum absolute atomic E-state index is 9.48. The summed E-state index contributed by atoms with van der Waals surface area (Å²) in [6.07, 6.45) is 3.76. The normalized spacial score (nSPS) is 25.3. The van der Waals surface area contributed by atoms with Crippen LogP contribution in [0.4, 0.5) is 5.82 Å². The lowest BCUT2D eigenvalue weighted by atomic mass is 9.79. The fraction of sp³-hybridized carbons (Fsp3) is 0.647. The third-order valence-electron chi connectivity index (χ3n) is 5.06. The number of anilines is 1. The zero-order valence-electron chi connectivity index (χ0n) is 14.8. The summed E-state index contributed by atoms with van der Waals surface area (Å²) in [7, 11) is -0.512. The maximum Gasteiger partial charge on any atom is 0.496 e. The van der Waals surface area contributed by atoms with E-state index in [2.05, 4.69) is 16.4 Å². The molecule has 0 spiro atoms. The fourth-order valence-corrected chi connectivity index (χ4v) is 2.84. The van der Waals surface area contributed by atoms with E-state index >= 15 is 0 Å². The molecule has 6 nitrogen and oxygen atoms in total. The Kier molecular flexibility index (Phi) is 4.56. The summed E-state index contributed by atoms with van der Waals surface area (Å²) in [4.78, 5) is 4.43. The first kappa shape index (κ1) is 17.2. The lowest BCUT2D eigenvalue weighted by Gasteiger charge is -2.32. The highest BCUT2D eigenvalue weighted by Gasteiger charge is 2.51. The van der Waals surface area contributed by atoms with Gasteiger partial charge in [-0.25, -0.2) is 4.98 Å². The predicted molar refractivity (Wildman–Crippen MR) is 92.1 cm³/mol. The molecule has 1 N–H and O–H groups in total. The molecule has 3 rings (SSSR count).